The largest absolute Gasteiger partial charge is 0.495 e. The van der Waals surface area contributed by atoms with Gasteiger partial charge in [0.1, 0.15) is 18.4 Å². The van der Waals surface area contributed by atoms with E-state index >= 15 is 0 Å². The number of para-hydroxylation sites is 2. The summed E-state index contributed by atoms with van der Waals surface area (Å²) in [7, 11) is 3.06. The first-order valence-electron chi connectivity index (χ1n) is 5.47. The van der Waals surface area contributed by atoms with Gasteiger partial charge in [-0.3, -0.25) is 9.69 Å². The zero-order chi connectivity index (χ0) is 13.1. The molecule has 6 nitrogen and oxygen atoms in total. The van der Waals surface area contributed by atoms with E-state index in [-0.39, 0.29) is 12.5 Å². The maximum atomic E-state index is 12.0. The molecule has 0 aromatic heterocycles. The second-order valence-corrected chi connectivity index (χ2v) is 3.89. The van der Waals surface area contributed by atoms with Crippen LogP contribution in [0.4, 0.5) is 10.5 Å². The average molecular weight is 250 g/mol. The van der Waals surface area contributed by atoms with Crippen molar-refractivity contribution in [3.8, 4) is 5.75 Å². The quantitative estimate of drug-likeness (QED) is 0.871. The summed E-state index contributed by atoms with van der Waals surface area (Å²) in [6.07, 6.45) is -0.491. The Morgan fingerprint density at radius 1 is 1.50 bits per heavy atom. The van der Waals surface area contributed by atoms with Crippen molar-refractivity contribution < 1.29 is 19.1 Å². The number of hydrogen-bond acceptors (Lipinski definition) is 4. The van der Waals surface area contributed by atoms with Crippen molar-refractivity contribution in [2.45, 2.75) is 6.04 Å². The molecule has 1 fully saturated rings. The number of methoxy groups -OCH3 is 1. The van der Waals surface area contributed by atoms with Crippen LogP contribution in [0.3, 0.4) is 0 Å². The predicted octanol–water partition coefficient (Wildman–Crippen LogP) is 1.08. The van der Waals surface area contributed by atoms with Crippen LogP contribution in [0.5, 0.6) is 5.75 Å². The zero-order valence-corrected chi connectivity index (χ0v) is 10.2. The van der Waals surface area contributed by atoms with Gasteiger partial charge in [-0.1, -0.05) is 12.1 Å². The summed E-state index contributed by atoms with van der Waals surface area (Å²) in [6, 6.07) is 6.47. The SMILES string of the molecule is COc1ccccc1NC(=O)C1COC(=O)N1C. The molecule has 1 aliphatic rings. The van der Waals surface area contributed by atoms with Gasteiger partial charge in [-0.15, -0.1) is 0 Å². The minimum Gasteiger partial charge on any atom is -0.495 e. The summed E-state index contributed by atoms with van der Waals surface area (Å²) < 4.78 is 9.92. The van der Waals surface area contributed by atoms with Crippen molar-refractivity contribution in [3.63, 3.8) is 0 Å². The fourth-order valence-corrected chi connectivity index (χ4v) is 1.71. The van der Waals surface area contributed by atoms with Crippen LogP contribution in [-0.4, -0.2) is 43.7 Å². The number of ether oxygens (including phenoxy) is 2. The van der Waals surface area contributed by atoms with Gasteiger partial charge in [0.15, 0.2) is 0 Å². The number of hydrogen-bond donors (Lipinski definition) is 1. The van der Waals surface area contributed by atoms with Crippen LogP contribution >= 0.6 is 0 Å². The van der Waals surface area contributed by atoms with E-state index in [1.165, 1.54) is 19.1 Å². The van der Waals surface area contributed by atoms with Gasteiger partial charge in [0.05, 0.1) is 12.8 Å². The van der Waals surface area contributed by atoms with E-state index in [4.69, 9.17) is 9.47 Å². The van der Waals surface area contributed by atoms with Crippen LogP contribution in [0.1, 0.15) is 0 Å². The second-order valence-electron chi connectivity index (χ2n) is 3.89. The van der Waals surface area contributed by atoms with Crippen LogP contribution in [-0.2, 0) is 9.53 Å². The first-order valence-corrected chi connectivity index (χ1v) is 5.47. The minimum atomic E-state index is -0.609. The van der Waals surface area contributed by atoms with Crippen molar-refractivity contribution >= 4 is 17.7 Å². The molecule has 1 aromatic rings. The second kappa shape index (κ2) is 4.95. The lowest BCUT2D eigenvalue weighted by Crippen LogP contribution is -2.40. The standard InChI is InChI=1S/C12H14N2O4/c1-14-9(7-18-12(14)16)11(15)13-8-5-3-4-6-10(8)17-2/h3-6,9H,7H2,1-2H3,(H,13,15). The molecule has 96 valence electrons. The number of likely N-dealkylation sites (N-methyl/N-ethyl adjacent to an activating group) is 1. The summed E-state index contributed by atoms with van der Waals surface area (Å²) in [4.78, 5) is 24.4. The van der Waals surface area contributed by atoms with Crippen LogP contribution in [0.15, 0.2) is 24.3 Å². The highest BCUT2D eigenvalue weighted by Gasteiger charge is 2.35. The van der Waals surface area contributed by atoms with Crippen molar-refractivity contribution in [3.05, 3.63) is 24.3 Å². The molecule has 2 rings (SSSR count). The summed E-state index contributed by atoms with van der Waals surface area (Å²) in [5.74, 6) is 0.270. The summed E-state index contributed by atoms with van der Waals surface area (Å²) in [6.45, 7) is 0.0658. The predicted molar refractivity (Wildman–Crippen MR) is 64.5 cm³/mol. The van der Waals surface area contributed by atoms with Gasteiger partial charge in [-0.05, 0) is 12.1 Å². The molecule has 0 aliphatic carbocycles. The Morgan fingerprint density at radius 3 is 2.83 bits per heavy atom. The Morgan fingerprint density at radius 2 is 2.22 bits per heavy atom. The Balaban J connectivity index is 2.10. The maximum absolute atomic E-state index is 12.0. The molecule has 18 heavy (non-hydrogen) atoms. The monoisotopic (exact) mass is 250 g/mol. The topological polar surface area (TPSA) is 67.9 Å². The van der Waals surface area contributed by atoms with Crippen molar-refractivity contribution in [2.24, 2.45) is 0 Å². The lowest BCUT2D eigenvalue weighted by molar-refractivity contribution is -0.119. The highest BCUT2D eigenvalue weighted by molar-refractivity contribution is 5.98. The van der Waals surface area contributed by atoms with Gasteiger partial charge in [0.25, 0.3) is 5.91 Å². The van der Waals surface area contributed by atoms with E-state index in [2.05, 4.69) is 5.32 Å². The molecule has 1 unspecified atom stereocenters. The maximum Gasteiger partial charge on any atom is 0.410 e. The van der Waals surface area contributed by atoms with Crippen LogP contribution in [0, 0.1) is 0 Å². The number of carbonyl (C=O) groups excluding carboxylic acids is 2. The van der Waals surface area contributed by atoms with Gasteiger partial charge < -0.3 is 14.8 Å². The molecule has 1 heterocycles. The zero-order valence-electron chi connectivity index (χ0n) is 10.2. The average Bonchev–Trinajstić information content (AvgIpc) is 2.71. The molecule has 0 radical (unpaired) electrons. The van der Waals surface area contributed by atoms with Crippen molar-refractivity contribution in [1.82, 2.24) is 4.90 Å². The number of carbonyl (C=O) groups is 2. The van der Waals surface area contributed by atoms with E-state index in [0.717, 1.165) is 0 Å². The fraction of sp³-hybridized carbons (Fsp3) is 0.333. The molecule has 1 saturated heterocycles. The normalized spacial score (nSPS) is 18.4. The van der Waals surface area contributed by atoms with Crippen LogP contribution in [0.25, 0.3) is 0 Å². The van der Waals surface area contributed by atoms with Gasteiger partial charge >= 0.3 is 6.09 Å². The van der Waals surface area contributed by atoms with Gasteiger partial charge in [-0.2, -0.15) is 0 Å². The molecule has 1 atom stereocenters. The Hall–Kier alpha value is -2.24. The minimum absolute atomic E-state index is 0.0658. The summed E-state index contributed by atoms with van der Waals surface area (Å²) in [5.41, 5.74) is 0.567. The van der Waals surface area contributed by atoms with E-state index in [9.17, 15) is 9.59 Å². The molecular weight excluding hydrogens is 236 g/mol. The summed E-state index contributed by atoms with van der Waals surface area (Å²) in [5, 5.41) is 2.72. The number of benzene rings is 1. The van der Waals surface area contributed by atoms with Crippen molar-refractivity contribution in [2.75, 3.05) is 26.1 Å². The fourth-order valence-electron chi connectivity index (χ4n) is 1.71. The Kier molecular flexibility index (Phi) is 3.36. The Labute approximate surface area is 104 Å². The highest BCUT2D eigenvalue weighted by Crippen LogP contribution is 2.24. The third-order valence-electron chi connectivity index (χ3n) is 2.79. The van der Waals surface area contributed by atoms with Crippen LogP contribution < -0.4 is 10.1 Å². The molecule has 2 amide bonds. The van der Waals surface area contributed by atoms with E-state index < -0.39 is 12.1 Å². The number of nitrogens with one attached hydrogen (secondary N) is 1. The molecule has 0 saturated carbocycles. The van der Waals surface area contributed by atoms with Gasteiger partial charge in [-0.25, -0.2) is 4.79 Å². The van der Waals surface area contributed by atoms with Gasteiger partial charge in [0.2, 0.25) is 0 Å². The van der Waals surface area contributed by atoms with Crippen molar-refractivity contribution in [1.29, 1.82) is 0 Å². The molecular formula is C12H14N2O4. The van der Waals surface area contributed by atoms with E-state index in [1.807, 2.05) is 6.07 Å². The molecule has 1 aliphatic heterocycles. The molecule has 1 N–H and O–H groups in total. The third kappa shape index (κ3) is 2.22. The first-order chi connectivity index (χ1) is 8.63. The van der Waals surface area contributed by atoms with E-state index in [0.29, 0.717) is 11.4 Å². The van der Waals surface area contributed by atoms with Gasteiger partial charge in [0, 0.05) is 7.05 Å². The smallest absolute Gasteiger partial charge is 0.410 e. The first kappa shape index (κ1) is 12.2. The lowest BCUT2D eigenvalue weighted by Gasteiger charge is -2.16. The molecule has 6 heteroatoms. The Bertz CT molecular complexity index is 475. The number of nitrogens with zero attached hydrogens (tertiary/aromatic N) is 1. The number of rotatable bonds is 3. The molecule has 0 spiro atoms. The van der Waals surface area contributed by atoms with Crippen LogP contribution in [0.2, 0.25) is 0 Å². The molecule has 1 aromatic carbocycles. The number of anilines is 1. The lowest BCUT2D eigenvalue weighted by atomic mass is 10.2. The molecule has 0 bridgehead atoms. The summed E-state index contributed by atoms with van der Waals surface area (Å²) >= 11 is 0. The highest BCUT2D eigenvalue weighted by atomic mass is 16.6. The number of cyclic esters (lactones) is 1. The van der Waals surface area contributed by atoms with E-state index in [1.54, 1.807) is 18.2 Å². The third-order valence-corrected chi connectivity index (χ3v) is 2.79. The number of amides is 2.